The Kier molecular flexibility index (Phi) is 5.42. The van der Waals surface area contributed by atoms with E-state index in [2.05, 4.69) is 20.7 Å². The van der Waals surface area contributed by atoms with Crippen LogP contribution in [0.2, 0.25) is 0 Å². The van der Waals surface area contributed by atoms with Gasteiger partial charge in [0.15, 0.2) is 5.82 Å². The van der Waals surface area contributed by atoms with Gasteiger partial charge in [-0.05, 0) is 19.1 Å². The Balaban J connectivity index is 3.26. The number of halogens is 2. The highest BCUT2D eigenvalue weighted by molar-refractivity contribution is 9.10. The molecule has 0 aliphatic heterocycles. The van der Waals surface area contributed by atoms with Crippen molar-refractivity contribution >= 4 is 37.8 Å². The largest absolute Gasteiger partial charge is 0.478 e. The number of benzene rings is 1. The number of carbonyl (C=O) groups excluding carboxylic acids is 1. The lowest BCUT2D eigenvalue weighted by atomic mass is 10.2. The molecule has 0 aliphatic rings. The summed E-state index contributed by atoms with van der Waals surface area (Å²) in [6, 6.07) is 1.02. The van der Waals surface area contributed by atoms with Gasteiger partial charge < -0.3 is 10.8 Å². The van der Waals surface area contributed by atoms with Crippen LogP contribution < -0.4 is 10.5 Å². The van der Waals surface area contributed by atoms with Gasteiger partial charge in [0.1, 0.15) is 4.90 Å². The number of amides is 1. The summed E-state index contributed by atoms with van der Waals surface area (Å²) < 4.78 is 40.3. The molecule has 0 aliphatic carbocycles. The maximum Gasteiger partial charge on any atom is 0.338 e. The topological polar surface area (TPSA) is 127 Å². The van der Waals surface area contributed by atoms with Gasteiger partial charge in [-0.3, -0.25) is 4.79 Å². The predicted octanol–water partition coefficient (Wildman–Crippen LogP) is 0.829. The number of sulfonamides is 1. The molecule has 116 valence electrons. The van der Waals surface area contributed by atoms with Crippen molar-refractivity contribution in [2.45, 2.75) is 24.3 Å². The van der Waals surface area contributed by atoms with Gasteiger partial charge >= 0.3 is 5.97 Å². The van der Waals surface area contributed by atoms with Crippen LogP contribution in [0, 0.1) is 5.82 Å². The Labute approximate surface area is 128 Å². The predicted molar refractivity (Wildman–Crippen MR) is 74.7 cm³/mol. The maximum atomic E-state index is 14.0. The van der Waals surface area contributed by atoms with Gasteiger partial charge in [-0.2, -0.15) is 0 Å². The van der Waals surface area contributed by atoms with Gasteiger partial charge in [0.05, 0.1) is 5.56 Å². The summed E-state index contributed by atoms with van der Waals surface area (Å²) in [6.07, 6.45) is -0.277. The van der Waals surface area contributed by atoms with E-state index in [9.17, 15) is 22.4 Å². The van der Waals surface area contributed by atoms with Crippen molar-refractivity contribution in [2.75, 3.05) is 0 Å². The van der Waals surface area contributed by atoms with Crippen LogP contribution in [-0.4, -0.2) is 31.4 Å². The van der Waals surface area contributed by atoms with E-state index >= 15 is 0 Å². The molecule has 0 spiro atoms. The molecule has 7 nitrogen and oxygen atoms in total. The Hall–Kier alpha value is -1.52. The molecule has 21 heavy (non-hydrogen) atoms. The molecule has 0 radical (unpaired) electrons. The summed E-state index contributed by atoms with van der Waals surface area (Å²) in [5, 5.41) is 8.84. The van der Waals surface area contributed by atoms with Crippen LogP contribution in [0.5, 0.6) is 0 Å². The van der Waals surface area contributed by atoms with Crippen LogP contribution in [0.25, 0.3) is 0 Å². The molecule has 1 amide bonds. The number of aromatic carboxylic acids is 1. The second-order valence-corrected chi connectivity index (χ2v) is 6.86. The Morgan fingerprint density at radius 1 is 1.48 bits per heavy atom. The summed E-state index contributed by atoms with van der Waals surface area (Å²) in [6.45, 7) is 1.37. The number of hydrogen-bond acceptors (Lipinski definition) is 4. The number of carboxylic acids is 1. The SMILES string of the molecule is CC(CC(N)=O)NS(=O)(=O)c1cc(Br)cc(C(=O)O)c1F. The van der Waals surface area contributed by atoms with Crippen LogP contribution in [0.3, 0.4) is 0 Å². The van der Waals surface area contributed by atoms with Crippen LogP contribution >= 0.6 is 15.9 Å². The van der Waals surface area contributed by atoms with E-state index in [4.69, 9.17) is 10.8 Å². The monoisotopic (exact) mass is 382 g/mol. The average Bonchev–Trinajstić information content (AvgIpc) is 2.29. The third-order valence-corrected chi connectivity index (χ3v) is 4.43. The van der Waals surface area contributed by atoms with E-state index in [0.717, 1.165) is 12.1 Å². The van der Waals surface area contributed by atoms with E-state index in [0.29, 0.717) is 0 Å². The molecule has 1 unspecified atom stereocenters. The number of hydrogen-bond donors (Lipinski definition) is 3. The first kappa shape index (κ1) is 17.5. The van der Waals surface area contributed by atoms with Crippen molar-refractivity contribution in [3.8, 4) is 0 Å². The van der Waals surface area contributed by atoms with Gasteiger partial charge in [0.25, 0.3) is 0 Å². The van der Waals surface area contributed by atoms with Gasteiger partial charge in [0, 0.05) is 16.9 Å². The Morgan fingerprint density at radius 2 is 2.05 bits per heavy atom. The zero-order valence-corrected chi connectivity index (χ0v) is 13.2. The van der Waals surface area contributed by atoms with E-state index in [1.165, 1.54) is 6.92 Å². The van der Waals surface area contributed by atoms with Crippen molar-refractivity contribution < 1.29 is 27.5 Å². The lowest BCUT2D eigenvalue weighted by molar-refractivity contribution is -0.118. The quantitative estimate of drug-likeness (QED) is 0.671. The molecule has 1 aromatic carbocycles. The standard InChI is InChI=1S/C11H12BrFN2O5S/c1-5(2-9(14)16)15-21(19,20)8-4-6(12)3-7(10(8)13)11(17)18/h3-5,15H,2H2,1H3,(H2,14,16)(H,17,18). The number of nitrogens with two attached hydrogens (primary N) is 1. The minimum Gasteiger partial charge on any atom is -0.478 e. The smallest absolute Gasteiger partial charge is 0.338 e. The second-order valence-electron chi connectivity index (χ2n) is 4.26. The molecule has 1 rings (SSSR count). The van der Waals surface area contributed by atoms with Crippen molar-refractivity contribution in [1.29, 1.82) is 0 Å². The number of carbonyl (C=O) groups is 2. The first-order chi connectivity index (χ1) is 9.54. The molecule has 4 N–H and O–H groups in total. The van der Waals surface area contributed by atoms with Crippen molar-refractivity contribution in [1.82, 2.24) is 4.72 Å². The molecule has 0 aromatic heterocycles. The molecule has 0 fully saturated rings. The van der Waals surface area contributed by atoms with Crippen LogP contribution in [0.15, 0.2) is 21.5 Å². The van der Waals surface area contributed by atoms with Gasteiger partial charge in [-0.1, -0.05) is 15.9 Å². The fraction of sp³-hybridized carbons (Fsp3) is 0.273. The van der Waals surface area contributed by atoms with Crippen LogP contribution in [-0.2, 0) is 14.8 Å². The van der Waals surface area contributed by atoms with Crippen LogP contribution in [0.4, 0.5) is 4.39 Å². The number of rotatable bonds is 6. The highest BCUT2D eigenvalue weighted by atomic mass is 79.9. The molecule has 0 saturated heterocycles. The summed E-state index contributed by atoms with van der Waals surface area (Å²) in [7, 11) is -4.34. The van der Waals surface area contributed by atoms with E-state index in [1.54, 1.807) is 0 Å². The number of carboxylic acid groups (broad SMARTS) is 1. The number of primary amides is 1. The minimum absolute atomic E-state index is 0.0872. The molecule has 1 aromatic rings. The minimum atomic E-state index is -4.34. The van der Waals surface area contributed by atoms with E-state index in [1.807, 2.05) is 0 Å². The first-order valence-electron chi connectivity index (χ1n) is 5.57. The Bertz CT molecular complexity index is 692. The van der Waals surface area contributed by atoms with Gasteiger partial charge in [-0.15, -0.1) is 0 Å². The lowest BCUT2D eigenvalue weighted by Crippen LogP contribution is -2.36. The molecule has 0 saturated carbocycles. The van der Waals surface area contributed by atoms with E-state index < -0.39 is 44.2 Å². The average molecular weight is 383 g/mol. The van der Waals surface area contributed by atoms with Crippen molar-refractivity contribution in [3.05, 3.63) is 28.0 Å². The highest BCUT2D eigenvalue weighted by Crippen LogP contribution is 2.24. The van der Waals surface area contributed by atoms with Crippen LogP contribution in [0.1, 0.15) is 23.7 Å². The third kappa shape index (κ3) is 4.48. The summed E-state index contributed by atoms with van der Waals surface area (Å²) in [5.41, 5.74) is 4.15. The summed E-state index contributed by atoms with van der Waals surface area (Å²) >= 11 is 2.92. The van der Waals surface area contributed by atoms with Crippen molar-refractivity contribution in [2.24, 2.45) is 5.73 Å². The highest BCUT2D eigenvalue weighted by Gasteiger charge is 2.26. The van der Waals surface area contributed by atoms with Gasteiger partial charge in [0.2, 0.25) is 15.9 Å². The maximum absolute atomic E-state index is 14.0. The fourth-order valence-corrected chi connectivity index (χ4v) is 3.56. The normalized spacial score (nSPS) is 12.9. The fourth-order valence-electron chi connectivity index (χ4n) is 1.59. The molecular weight excluding hydrogens is 371 g/mol. The lowest BCUT2D eigenvalue weighted by Gasteiger charge is -2.14. The Morgan fingerprint density at radius 3 is 2.52 bits per heavy atom. The zero-order chi connectivity index (χ0) is 16.4. The second kappa shape index (κ2) is 6.50. The third-order valence-electron chi connectivity index (χ3n) is 2.39. The molecule has 1 atom stereocenters. The summed E-state index contributed by atoms with van der Waals surface area (Å²) in [5.74, 6) is -3.72. The number of nitrogens with one attached hydrogen (secondary N) is 1. The summed E-state index contributed by atoms with van der Waals surface area (Å²) in [4.78, 5) is 20.8. The first-order valence-corrected chi connectivity index (χ1v) is 7.85. The molecular formula is C11H12BrFN2O5S. The van der Waals surface area contributed by atoms with Crippen molar-refractivity contribution in [3.63, 3.8) is 0 Å². The molecule has 10 heteroatoms. The van der Waals surface area contributed by atoms with E-state index in [-0.39, 0.29) is 10.9 Å². The zero-order valence-electron chi connectivity index (χ0n) is 10.8. The molecule has 0 heterocycles. The molecule has 0 bridgehead atoms. The van der Waals surface area contributed by atoms with Gasteiger partial charge in [-0.25, -0.2) is 22.3 Å².